The van der Waals surface area contributed by atoms with Crippen LogP contribution in [0.3, 0.4) is 0 Å². The molecule has 3 rings (SSSR count). The zero-order valence-electron chi connectivity index (χ0n) is 11.7. The molecule has 0 aliphatic carbocycles. The molecule has 0 spiro atoms. The Bertz CT molecular complexity index is 780. The van der Waals surface area contributed by atoms with Crippen molar-refractivity contribution in [2.45, 2.75) is 13.1 Å². The number of hydrogen-bond donors (Lipinski definition) is 1. The number of benzene rings is 2. The van der Waals surface area contributed by atoms with Gasteiger partial charge in [-0.3, -0.25) is 0 Å². The molecule has 2 nitrogen and oxygen atoms in total. The van der Waals surface area contributed by atoms with Gasteiger partial charge in [0.05, 0.1) is 0 Å². The minimum absolute atomic E-state index is 0.774. The lowest BCUT2D eigenvalue weighted by atomic mass is 10.2. The molecule has 0 fully saturated rings. The summed E-state index contributed by atoms with van der Waals surface area (Å²) in [5.41, 5.74) is 3.62. The van der Waals surface area contributed by atoms with Crippen molar-refractivity contribution < 1.29 is 0 Å². The van der Waals surface area contributed by atoms with E-state index in [1.54, 1.807) is 0 Å². The Labute approximate surface area is 137 Å². The second-order valence-corrected chi connectivity index (χ2v) is 6.37. The Morgan fingerprint density at radius 3 is 2.71 bits per heavy atom. The Kier molecular flexibility index (Phi) is 4.34. The summed E-state index contributed by atoms with van der Waals surface area (Å²) in [5, 5.41) is 5.28. The first-order valence-corrected chi connectivity index (χ1v) is 8.02. The van der Waals surface area contributed by atoms with Crippen molar-refractivity contribution >= 4 is 38.4 Å². The van der Waals surface area contributed by atoms with Crippen molar-refractivity contribution in [3.63, 3.8) is 0 Å². The molecule has 0 atom stereocenters. The van der Waals surface area contributed by atoms with Gasteiger partial charge in [0, 0.05) is 33.8 Å². The van der Waals surface area contributed by atoms with Gasteiger partial charge in [0.25, 0.3) is 0 Å². The molecule has 0 aliphatic heterocycles. The average molecular weight is 364 g/mol. The highest BCUT2D eigenvalue weighted by Gasteiger charge is 2.10. The molecule has 0 aliphatic rings. The van der Waals surface area contributed by atoms with Crippen LogP contribution in [0.2, 0.25) is 5.02 Å². The Morgan fingerprint density at radius 1 is 1.14 bits per heavy atom. The summed E-state index contributed by atoms with van der Waals surface area (Å²) in [6.07, 6.45) is 0. The number of para-hydroxylation sites is 1. The first-order chi connectivity index (χ1) is 10.2. The predicted molar refractivity (Wildman–Crippen MR) is 93.0 cm³/mol. The fourth-order valence-electron chi connectivity index (χ4n) is 2.60. The van der Waals surface area contributed by atoms with Crippen LogP contribution in [-0.2, 0) is 13.1 Å². The summed E-state index contributed by atoms with van der Waals surface area (Å²) in [4.78, 5) is 0. The van der Waals surface area contributed by atoms with Gasteiger partial charge in [-0.25, -0.2) is 0 Å². The third kappa shape index (κ3) is 3.00. The minimum Gasteiger partial charge on any atom is -0.339 e. The maximum Gasteiger partial charge on any atom is 0.0494 e. The highest BCUT2D eigenvalue weighted by molar-refractivity contribution is 9.10. The molecule has 0 unspecified atom stereocenters. The van der Waals surface area contributed by atoms with Gasteiger partial charge in [0.2, 0.25) is 0 Å². The fraction of sp³-hybridized carbons (Fsp3) is 0.176. The fourth-order valence-corrected chi connectivity index (χ4v) is 3.34. The van der Waals surface area contributed by atoms with E-state index in [9.17, 15) is 0 Å². The van der Waals surface area contributed by atoms with Crippen molar-refractivity contribution in [1.29, 1.82) is 0 Å². The topological polar surface area (TPSA) is 17.0 Å². The summed E-state index contributed by atoms with van der Waals surface area (Å²) >= 11 is 9.82. The molecule has 0 radical (unpaired) electrons. The van der Waals surface area contributed by atoms with E-state index < -0.39 is 0 Å². The van der Waals surface area contributed by atoms with Gasteiger partial charge >= 0.3 is 0 Å². The molecule has 1 aromatic heterocycles. The third-order valence-corrected chi connectivity index (χ3v) is 4.44. The van der Waals surface area contributed by atoms with E-state index in [1.807, 2.05) is 19.2 Å². The number of fused-ring (bicyclic) bond motifs is 1. The van der Waals surface area contributed by atoms with E-state index in [2.05, 4.69) is 62.2 Å². The van der Waals surface area contributed by atoms with Gasteiger partial charge in [-0.15, -0.1) is 0 Å². The minimum atomic E-state index is 0.774. The SMILES string of the molecule is CNCc1cc2ccccc2n1Cc1ccc(Br)cc1Cl. The first kappa shape index (κ1) is 14.6. The van der Waals surface area contributed by atoms with Gasteiger partial charge in [-0.05, 0) is 42.3 Å². The van der Waals surface area contributed by atoms with Gasteiger partial charge in [0.15, 0.2) is 0 Å². The summed E-state index contributed by atoms with van der Waals surface area (Å²) in [7, 11) is 1.97. The van der Waals surface area contributed by atoms with E-state index in [4.69, 9.17) is 11.6 Å². The molecule has 21 heavy (non-hydrogen) atoms. The molecule has 1 heterocycles. The van der Waals surface area contributed by atoms with Crippen LogP contribution < -0.4 is 5.32 Å². The largest absolute Gasteiger partial charge is 0.339 e. The number of nitrogens with one attached hydrogen (secondary N) is 1. The van der Waals surface area contributed by atoms with Gasteiger partial charge in [-0.2, -0.15) is 0 Å². The molecule has 108 valence electrons. The zero-order chi connectivity index (χ0) is 14.8. The first-order valence-electron chi connectivity index (χ1n) is 6.84. The number of aromatic nitrogens is 1. The molecule has 0 amide bonds. The Hall–Kier alpha value is -1.29. The summed E-state index contributed by atoms with van der Waals surface area (Å²) in [6, 6.07) is 16.7. The smallest absolute Gasteiger partial charge is 0.0494 e. The van der Waals surface area contributed by atoms with Crippen LogP contribution in [0.1, 0.15) is 11.3 Å². The standard InChI is InChI=1S/C17H16BrClN2/c1-20-10-15-8-12-4-2-3-5-17(12)21(15)11-13-6-7-14(18)9-16(13)19/h2-9,20H,10-11H2,1H3. The quantitative estimate of drug-likeness (QED) is 0.703. The normalized spacial score (nSPS) is 11.2. The molecular formula is C17H16BrClN2. The predicted octanol–water partition coefficient (Wildman–Crippen LogP) is 4.82. The van der Waals surface area contributed by atoms with Crippen molar-refractivity contribution in [3.8, 4) is 0 Å². The van der Waals surface area contributed by atoms with Gasteiger partial charge in [0.1, 0.15) is 0 Å². The maximum atomic E-state index is 6.37. The van der Waals surface area contributed by atoms with Crippen molar-refractivity contribution in [2.75, 3.05) is 7.05 Å². The molecule has 3 aromatic rings. The molecule has 1 N–H and O–H groups in total. The average Bonchev–Trinajstić information content (AvgIpc) is 2.80. The monoisotopic (exact) mass is 362 g/mol. The highest BCUT2D eigenvalue weighted by atomic mass is 79.9. The number of hydrogen-bond acceptors (Lipinski definition) is 1. The van der Waals surface area contributed by atoms with Crippen LogP contribution in [0, 0.1) is 0 Å². The van der Waals surface area contributed by atoms with Crippen LogP contribution in [0.5, 0.6) is 0 Å². The lowest BCUT2D eigenvalue weighted by Crippen LogP contribution is -2.12. The zero-order valence-corrected chi connectivity index (χ0v) is 14.1. The molecule has 0 bridgehead atoms. The number of rotatable bonds is 4. The number of nitrogens with zero attached hydrogens (tertiary/aromatic N) is 1. The van der Waals surface area contributed by atoms with E-state index >= 15 is 0 Å². The van der Waals surface area contributed by atoms with E-state index in [1.165, 1.54) is 16.6 Å². The van der Waals surface area contributed by atoms with E-state index in [0.717, 1.165) is 28.1 Å². The molecule has 2 aromatic carbocycles. The van der Waals surface area contributed by atoms with Crippen molar-refractivity contribution in [1.82, 2.24) is 9.88 Å². The lowest BCUT2D eigenvalue weighted by molar-refractivity contribution is 0.709. The van der Waals surface area contributed by atoms with Gasteiger partial charge < -0.3 is 9.88 Å². The van der Waals surface area contributed by atoms with Crippen LogP contribution in [0.25, 0.3) is 10.9 Å². The Balaban J connectivity index is 2.07. The van der Waals surface area contributed by atoms with Gasteiger partial charge in [-0.1, -0.05) is 51.8 Å². The number of halogens is 2. The second kappa shape index (κ2) is 6.22. The van der Waals surface area contributed by atoms with Crippen LogP contribution in [-0.4, -0.2) is 11.6 Å². The van der Waals surface area contributed by atoms with Crippen LogP contribution >= 0.6 is 27.5 Å². The third-order valence-electron chi connectivity index (χ3n) is 3.60. The maximum absolute atomic E-state index is 6.37. The lowest BCUT2D eigenvalue weighted by Gasteiger charge is -2.12. The van der Waals surface area contributed by atoms with Crippen molar-refractivity contribution in [3.05, 3.63) is 69.3 Å². The van der Waals surface area contributed by atoms with Crippen LogP contribution in [0.15, 0.2) is 53.0 Å². The summed E-state index contributed by atoms with van der Waals surface area (Å²) < 4.78 is 3.32. The van der Waals surface area contributed by atoms with E-state index in [-0.39, 0.29) is 0 Å². The summed E-state index contributed by atoms with van der Waals surface area (Å²) in [6.45, 7) is 1.61. The van der Waals surface area contributed by atoms with Crippen molar-refractivity contribution in [2.24, 2.45) is 0 Å². The van der Waals surface area contributed by atoms with E-state index in [0.29, 0.717) is 0 Å². The Morgan fingerprint density at radius 2 is 1.95 bits per heavy atom. The molecule has 4 heteroatoms. The summed E-state index contributed by atoms with van der Waals surface area (Å²) in [5.74, 6) is 0. The van der Waals surface area contributed by atoms with Crippen LogP contribution in [0.4, 0.5) is 0 Å². The molecule has 0 saturated heterocycles. The molecule has 0 saturated carbocycles. The highest BCUT2D eigenvalue weighted by Crippen LogP contribution is 2.26. The second-order valence-electron chi connectivity index (χ2n) is 5.05. The molecular weight excluding hydrogens is 348 g/mol.